The van der Waals surface area contributed by atoms with Gasteiger partial charge in [-0.2, -0.15) is 30.7 Å². The van der Waals surface area contributed by atoms with Crippen LogP contribution in [0.1, 0.15) is 13.8 Å². The van der Waals surface area contributed by atoms with Gasteiger partial charge in [0.25, 0.3) is 0 Å². The zero-order valence-electron chi connectivity index (χ0n) is 8.28. The Hall–Kier alpha value is -0.580. The molecule has 17 heavy (non-hydrogen) atoms. The van der Waals surface area contributed by atoms with E-state index in [0.29, 0.717) is 0 Å². The molecule has 0 atom stereocenters. The Balaban J connectivity index is 5.91. The topological polar surface area (TPSA) is 57.2 Å². The van der Waals surface area contributed by atoms with Crippen molar-refractivity contribution in [3.63, 3.8) is 0 Å². The summed E-state index contributed by atoms with van der Waals surface area (Å²) >= 11 is 0. The van der Waals surface area contributed by atoms with Crippen LogP contribution in [0, 0.1) is 0 Å². The second-order valence-corrected chi connectivity index (χ2v) is 5.54. The minimum atomic E-state index is -6.68. The highest BCUT2D eigenvalue weighted by Crippen LogP contribution is 2.52. The van der Waals surface area contributed by atoms with Crippen LogP contribution in [0.15, 0.2) is 0 Å². The van der Waals surface area contributed by atoms with Crippen LogP contribution in [0.25, 0.3) is 0 Å². The third-order valence-corrected chi connectivity index (χ3v) is 3.64. The summed E-state index contributed by atoms with van der Waals surface area (Å²) in [5.41, 5.74) is 0. The van der Waals surface area contributed by atoms with E-state index in [2.05, 4.69) is 0 Å². The molecule has 0 rings (SSSR count). The van der Waals surface area contributed by atoms with Crippen molar-refractivity contribution >= 4 is 10.1 Å². The highest BCUT2D eigenvalue weighted by molar-refractivity contribution is 7.87. The maximum Gasteiger partial charge on any atom is 0.459 e. The molecule has 3 nitrogen and oxygen atoms in total. The molecule has 0 N–H and O–H groups in total. The van der Waals surface area contributed by atoms with Gasteiger partial charge < -0.3 is 4.55 Å². The molecule has 0 aliphatic rings. The third-order valence-electron chi connectivity index (χ3n) is 2.13. The third kappa shape index (κ3) is 2.21. The standard InChI is InChI=1S/C6H7F7O3S/c1-3(2,17(14,15)16)4(7,8)5(9,10)6(11,12)13/h1-2H3,(H,14,15,16)/p-1. The molecule has 0 bridgehead atoms. The molecule has 0 aromatic rings. The van der Waals surface area contributed by atoms with E-state index < -0.39 is 32.9 Å². The number of hydrogen-bond acceptors (Lipinski definition) is 3. The number of rotatable bonds is 3. The van der Waals surface area contributed by atoms with Crippen LogP contribution < -0.4 is 0 Å². The van der Waals surface area contributed by atoms with Gasteiger partial charge in [0.15, 0.2) is 0 Å². The first-order valence-electron chi connectivity index (χ1n) is 3.78. The molecule has 0 aliphatic heterocycles. The molecule has 0 amide bonds. The molecule has 0 fully saturated rings. The fraction of sp³-hybridized carbons (Fsp3) is 1.00. The van der Waals surface area contributed by atoms with Crippen LogP contribution >= 0.6 is 0 Å². The van der Waals surface area contributed by atoms with Crippen molar-refractivity contribution in [2.75, 3.05) is 0 Å². The van der Waals surface area contributed by atoms with Crippen molar-refractivity contribution in [3.05, 3.63) is 0 Å². The van der Waals surface area contributed by atoms with E-state index in [1.54, 1.807) is 0 Å². The van der Waals surface area contributed by atoms with E-state index in [1.807, 2.05) is 0 Å². The van der Waals surface area contributed by atoms with Gasteiger partial charge in [-0.05, 0) is 13.8 Å². The Morgan fingerprint density at radius 1 is 0.824 bits per heavy atom. The number of alkyl halides is 7. The Morgan fingerprint density at radius 2 is 1.12 bits per heavy atom. The minimum Gasteiger partial charge on any atom is -0.747 e. The SMILES string of the molecule is CC(C)(C(F)(F)C(F)(F)C(F)(F)F)S(=O)(=O)[O-]. The molecule has 0 spiro atoms. The van der Waals surface area contributed by atoms with Crippen LogP contribution in [0.3, 0.4) is 0 Å². The molecule has 0 radical (unpaired) electrons. The molecule has 0 heterocycles. The van der Waals surface area contributed by atoms with E-state index >= 15 is 0 Å². The average Bonchev–Trinajstić information content (AvgIpc) is 1.98. The van der Waals surface area contributed by atoms with Crippen LogP contribution in [0.5, 0.6) is 0 Å². The van der Waals surface area contributed by atoms with Gasteiger partial charge in [0, 0.05) is 0 Å². The van der Waals surface area contributed by atoms with E-state index in [4.69, 9.17) is 0 Å². The van der Waals surface area contributed by atoms with Crippen molar-refractivity contribution in [1.29, 1.82) is 0 Å². The van der Waals surface area contributed by atoms with Gasteiger partial charge in [0.05, 0.1) is 0 Å². The van der Waals surface area contributed by atoms with Crippen LogP contribution in [0.2, 0.25) is 0 Å². The lowest BCUT2D eigenvalue weighted by molar-refractivity contribution is -0.360. The first-order chi connectivity index (χ1) is 7.00. The molecule has 0 saturated carbocycles. The molecular weight excluding hydrogens is 285 g/mol. The second kappa shape index (κ2) is 3.70. The zero-order valence-corrected chi connectivity index (χ0v) is 9.10. The predicted molar refractivity (Wildman–Crippen MR) is 39.7 cm³/mol. The van der Waals surface area contributed by atoms with Gasteiger partial charge >= 0.3 is 18.0 Å². The fourth-order valence-electron chi connectivity index (χ4n) is 0.713. The summed E-state index contributed by atoms with van der Waals surface area (Å²) in [4.78, 5) is 0. The van der Waals surface area contributed by atoms with Gasteiger partial charge in [-0.1, -0.05) is 0 Å². The summed E-state index contributed by atoms with van der Waals surface area (Å²) in [7, 11) is -6.08. The van der Waals surface area contributed by atoms with Gasteiger partial charge in [-0.15, -0.1) is 0 Å². The van der Waals surface area contributed by atoms with Crippen LogP contribution in [-0.4, -0.2) is 35.7 Å². The molecular formula is C6H6F7O3S-. The van der Waals surface area contributed by atoms with Gasteiger partial charge in [0.1, 0.15) is 14.9 Å². The zero-order chi connectivity index (χ0) is 14.5. The molecule has 0 aliphatic carbocycles. The summed E-state index contributed by atoms with van der Waals surface area (Å²) in [6, 6.07) is 0. The Kier molecular flexibility index (Phi) is 3.58. The molecule has 0 unspecified atom stereocenters. The van der Waals surface area contributed by atoms with Crippen molar-refractivity contribution < 1.29 is 43.7 Å². The summed E-state index contributed by atoms with van der Waals surface area (Å²) in [6.45, 7) is -0.399. The van der Waals surface area contributed by atoms with Gasteiger partial charge in [0.2, 0.25) is 0 Å². The lowest BCUT2D eigenvalue weighted by Gasteiger charge is -2.40. The summed E-state index contributed by atoms with van der Waals surface area (Å²) in [6.07, 6.45) is -6.68. The van der Waals surface area contributed by atoms with Gasteiger partial charge in [-0.3, -0.25) is 0 Å². The average molecular weight is 291 g/mol. The smallest absolute Gasteiger partial charge is 0.459 e. The van der Waals surface area contributed by atoms with Crippen molar-refractivity contribution in [3.8, 4) is 0 Å². The summed E-state index contributed by atoms with van der Waals surface area (Å²) < 4.78 is 113. The molecule has 104 valence electrons. The molecule has 0 aromatic heterocycles. The monoisotopic (exact) mass is 291 g/mol. The normalized spacial score (nSPS) is 16.1. The largest absolute Gasteiger partial charge is 0.747 e. The van der Waals surface area contributed by atoms with E-state index in [1.165, 1.54) is 0 Å². The lowest BCUT2D eigenvalue weighted by Crippen LogP contribution is -2.64. The first-order valence-corrected chi connectivity index (χ1v) is 5.19. The van der Waals surface area contributed by atoms with Crippen molar-refractivity contribution in [2.24, 2.45) is 0 Å². The van der Waals surface area contributed by atoms with E-state index in [-0.39, 0.29) is 13.8 Å². The van der Waals surface area contributed by atoms with Crippen molar-refractivity contribution in [1.82, 2.24) is 0 Å². The number of hydrogen-bond donors (Lipinski definition) is 0. The van der Waals surface area contributed by atoms with Crippen molar-refractivity contribution in [2.45, 2.75) is 36.6 Å². The Labute approximate surface area is 91.4 Å². The Morgan fingerprint density at radius 3 is 1.29 bits per heavy atom. The summed E-state index contributed by atoms with van der Waals surface area (Å²) in [5, 5.41) is 0. The maximum atomic E-state index is 12.9. The first kappa shape index (κ1) is 16.4. The van der Waals surface area contributed by atoms with Crippen LogP contribution in [-0.2, 0) is 10.1 Å². The van der Waals surface area contributed by atoms with E-state index in [0.717, 1.165) is 0 Å². The highest BCUT2D eigenvalue weighted by Gasteiger charge is 2.78. The lowest BCUT2D eigenvalue weighted by atomic mass is 9.98. The molecule has 11 heteroatoms. The number of halogens is 7. The predicted octanol–water partition coefficient (Wildman–Crippen LogP) is 2.14. The highest BCUT2D eigenvalue weighted by atomic mass is 32.2. The molecule has 0 saturated heterocycles. The van der Waals surface area contributed by atoms with E-state index in [9.17, 15) is 43.7 Å². The maximum absolute atomic E-state index is 12.9. The minimum absolute atomic E-state index is 0.199. The van der Waals surface area contributed by atoms with Crippen LogP contribution in [0.4, 0.5) is 30.7 Å². The van der Waals surface area contributed by atoms with Gasteiger partial charge in [-0.25, -0.2) is 8.42 Å². The fourth-order valence-corrected chi connectivity index (χ4v) is 1.16. The summed E-state index contributed by atoms with van der Waals surface area (Å²) in [5.74, 6) is -12.7. The quantitative estimate of drug-likeness (QED) is 0.591. The Bertz CT molecular complexity index is 394. The second-order valence-electron chi connectivity index (χ2n) is 3.61. The molecule has 0 aromatic carbocycles.